The van der Waals surface area contributed by atoms with E-state index in [9.17, 15) is 0 Å². The zero-order valence-corrected chi connectivity index (χ0v) is 8.60. The molecule has 0 amide bonds. The molecule has 0 spiro atoms. The number of anilines is 1. The molecule has 1 aromatic rings. The van der Waals surface area contributed by atoms with Gasteiger partial charge in [0, 0.05) is 20.3 Å². The van der Waals surface area contributed by atoms with Crippen LogP contribution in [-0.4, -0.2) is 30.2 Å². The van der Waals surface area contributed by atoms with Crippen LogP contribution in [0.25, 0.3) is 0 Å². The van der Waals surface area contributed by atoms with Crippen LogP contribution in [0, 0.1) is 0 Å². The fourth-order valence-electron chi connectivity index (χ4n) is 1.28. The molecule has 0 saturated heterocycles. The van der Waals surface area contributed by atoms with Crippen molar-refractivity contribution in [2.75, 3.05) is 19.0 Å². The van der Waals surface area contributed by atoms with E-state index in [0.717, 1.165) is 18.7 Å². The molecule has 0 N–H and O–H groups in total. The Morgan fingerprint density at radius 1 is 1.43 bits per heavy atom. The Labute approximate surface area is 83.9 Å². The minimum absolute atomic E-state index is 0.340. The lowest BCUT2D eigenvalue weighted by Crippen LogP contribution is -2.25. The molecule has 1 aliphatic carbocycles. The Morgan fingerprint density at radius 3 is 2.79 bits per heavy atom. The van der Waals surface area contributed by atoms with Gasteiger partial charge in [-0.25, -0.2) is 4.98 Å². The summed E-state index contributed by atoms with van der Waals surface area (Å²) >= 11 is 0. The molecule has 1 heterocycles. The zero-order valence-electron chi connectivity index (χ0n) is 8.60. The summed E-state index contributed by atoms with van der Waals surface area (Å²) in [5.41, 5.74) is 0. The maximum absolute atomic E-state index is 5.59. The highest BCUT2D eigenvalue weighted by atomic mass is 16.5. The molecule has 1 aliphatic rings. The molecule has 0 unspecified atom stereocenters. The predicted octanol–water partition coefficient (Wildman–Crippen LogP) is 1.47. The summed E-state index contributed by atoms with van der Waals surface area (Å²) in [5.74, 6) is 0.884. The van der Waals surface area contributed by atoms with E-state index in [0.29, 0.717) is 12.1 Å². The molecule has 0 aliphatic heterocycles. The highest BCUT2D eigenvalue weighted by Gasteiger charge is 2.20. The number of nitrogens with zero attached hydrogens (tertiary/aromatic N) is 3. The molecule has 1 fully saturated rings. The van der Waals surface area contributed by atoms with Gasteiger partial charge in [0.15, 0.2) is 0 Å². The maximum Gasteiger partial charge on any atom is 0.318 e. The molecule has 0 radical (unpaired) electrons. The smallest absolute Gasteiger partial charge is 0.318 e. The van der Waals surface area contributed by atoms with Crippen molar-refractivity contribution in [2.24, 2.45) is 0 Å². The normalized spacial score (nSPS) is 16.1. The first kappa shape index (κ1) is 9.24. The van der Waals surface area contributed by atoms with Crippen molar-refractivity contribution >= 4 is 5.82 Å². The molecule has 2 rings (SSSR count). The lowest BCUT2D eigenvalue weighted by atomic mass is 9.96. The highest BCUT2D eigenvalue weighted by Crippen LogP contribution is 2.23. The number of ether oxygens (including phenoxy) is 1. The van der Waals surface area contributed by atoms with Crippen LogP contribution in [0.3, 0.4) is 0 Å². The van der Waals surface area contributed by atoms with Crippen LogP contribution >= 0.6 is 0 Å². The van der Waals surface area contributed by atoms with Crippen LogP contribution in [0.15, 0.2) is 12.3 Å². The first-order valence-corrected chi connectivity index (χ1v) is 4.93. The average Bonchev–Trinajstić information content (AvgIpc) is 2.12. The lowest BCUT2D eigenvalue weighted by Gasteiger charge is -2.25. The third-order valence-electron chi connectivity index (χ3n) is 2.40. The molecule has 4 nitrogen and oxygen atoms in total. The van der Waals surface area contributed by atoms with Crippen molar-refractivity contribution in [1.29, 1.82) is 0 Å². The summed E-state index contributed by atoms with van der Waals surface area (Å²) in [6.07, 6.45) is 5.60. The van der Waals surface area contributed by atoms with E-state index in [1.54, 1.807) is 6.20 Å². The number of hydrogen-bond acceptors (Lipinski definition) is 4. The van der Waals surface area contributed by atoms with E-state index in [4.69, 9.17) is 4.74 Å². The van der Waals surface area contributed by atoms with Gasteiger partial charge in [-0.2, -0.15) is 4.98 Å². The Balaban J connectivity index is 2.05. The quantitative estimate of drug-likeness (QED) is 0.728. The molecular weight excluding hydrogens is 178 g/mol. The van der Waals surface area contributed by atoms with Crippen LogP contribution in [0.4, 0.5) is 5.82 Å². The average molecular weight is 193 g/mol. The molecule has 0 aromatic carbocycles. The Kier molecular flexibility index (Phi) is 2.52. The zero-order chi connectivity index (χ0) is 9.97. The fourth-order valence-corrected chi connectivity index (χ4v) is 1.28. The van der Waals surface area contributed by atoms with E-state index in [1.807, 2.05) is 25.1 Å². The molecule has 1 saturated carbocycles. The monoisotopic (exact) mass is 193 g/mol. The molecule has 4 heteroatoms. The van der Waals surface area contributed by atoms with Crippen molar-refractivity contribution in [3.05, 3.63) is 12.3 Å². The van der Waals surface area contributed by atoms with E-state index >= 15 is 0 Å². The van der Waals surface area contributed by atoms with Gasteiger partial charge in [0.25, 0.3) is 0 Å². The second-order valence-electron chi connectivity index (χ2n) is 3.76. The van der Waals surface area contributed by atoms with Gasteiger partial charge in [-0.3, -0.25) is 0 Å². The predicted molar refractivity (Wildman–Crippen MR) is 54.6 cm³/mol. The number of aromatic nitrogens is 2. The van der Waals surface area contributed by atoms with Gasteiger partial charge in [0.2, 0.25) is 0 Å². The summed E-state index contributed by atoms with van der Waals surface area (Å²) < 4.78 is 5.59. The van der Waals surface area contributed by atoms with Gasteiger partial charge < -0.3 is 9.64 Å². The van der Waals surface area contributed by atoms with Crippen molar-refractivity contribution < 1.29 is 4.74 Å². The van der Waals surface area contributed by atoms with Crippen molar-refractivity contribution in [1.82, 2.24) is 9.97 Å². The standard InChI is InChI=1S/C10H15N3O/c1-13(2)9-6-7-11-10(12-9)14-8-4-3-5-8/h6-8H,3-5H2,1-2H3. The maximum atomic E-state index is 5.59. The van der Waals surface area contributed by atoms with Crippen LogP contribution in [0.2, 0.25) is 0 Å². The van der Waals surface area contributed by atoms with Gasteiger partial charge >= 0.3 is 6.01 Å². The molecule has 1 aromatic heterocycles. The Bertz CT molecular complexity index is 310. The SMILES string of the molecule is CN(C)c1ccnc(OC2CCC2)n1. The molecular formula is C10H15N3O. The van der Waals surface area contributed by atoms with Crippen LogP contribution < -0.4 is 9.64 Å². The Morgan fingerprint density at radius 2 is 2.21 bits per heavy atom. The molecule has 76 valence electrons. The first-order valence-electron chi connectivity index (χ1n) is 4.93. The number of rotatable bonds is 3. The summed E-state index contributed by atoms with van der Waals surface area (Å²) in [6, 6.07) is 2.37. The van der Waals surface area contributed by atoms with Gasteiger partial charge in [0.1, 0.15) is 11.9 Å². The minimum Gasteiger partial charge on any atom is -0.460 e. The summed E-state index contributed by atoms with van der Waals surface area (Å²) in [7, 11) is 3.91. The van der Waals surface area contributed by atoms with E-state index < -0.39 is 0 Å². The first-order chi connectivity index (χ1) is 6.75. The summed E-state index contributed by atoms with van der Waals surface area (Å²) in [4.78, 5) is 10.3. The van der Waals surface area contributed by atoms with Crippen LogP contribution in [0.1, 0.15) is 19.3 Å². The topological polar surface area (TPSA) is 38.2 Å². The van der Waals surface area contributed by atoms with Crippen LogP contribution in [-0.2, 0) is 0 Å². The largest absolute Gasteiger partial charge is 0.460 e. The molecule has 0 bridgehead atoms. The minimum atomic E-state index is 0.340. The fraction of sp³-hybridized carbons (Fsp3) is 0.600. The lowest BCUT2D eigenvalue weighted by molar-refractivity contribution is 0.108. The second kappa shape index (κ2) is 3.82. The van der Waals surface area contributed by atoms with E-state index in [1.165, 1.54) is 6.42 Å². The van der Waals surface area contributed by atoms with Crippen molar-refractivity contribution in [3.63, 3.8) is 0 Å². The Hall–Kier alpha value is -1.32. The summed E-state index contributed by atoms with van der Waals surface area (Å²) in [6.45, 7) is 0. The van der Waals surface area contributed by atoms with Gasteiger partial charge in [-0.05, 0) is 25.3 Å². The highest BCUT2D eigenvalue weighted by molar-refractivity contribution is 5.35. The molecule has 14 heavy (non-hydrogen) atoms. The van der Waals surface area contributed by atoms with Crippen molar-refractivity contribution in [2.45, 2.75) is 25.4 Å². The third-order valence-corrected chi connectivity index (χ3v) is 2.40. The number of hydrogen-bond donors (Lipinski definition) is 0. The van der Waals surface area contributed by atoms with Gasteiger partial charge in [-0.15, -0.1) is 0 Å². The van der Waals surface area contributed by atoms with Crippen molar-refractivity contribution in [3.8, 4) is 6.01 Å². The molecule has 0 atom stereocenters. The third kappa shape index (κ3) is 1.95. The second-order valence-corrected chi connectivity index (χ2v) is 3.76. The van der Waals surface area contributed by atoms with E-state index in [2.05, 4.69) is 9.97 Å². The van der Waals surface area contributed by atoms with Crippen LogP contribution in [0.5, 0.6) is 6.01 Å². The van der Waals surface area contributed by atoms with E-state index in [-0.39, 0.29) is 0 Å². The van der Waals surface area contributed by atoms with Gasteiger partial charge in [-0.1, -0.05) is 0 Å². The summed E-state index contributed by atoms with van der Waals surface area (Å²) in [5, 5.41) is 0. The van der Waals surface area contributed by atoms with Gasteiger partial charge in [0.05, 0.1) is 0 Å².